The minimum atomic E-state index is 0.223. The minimum absolute atomic E-state index is 0.223. The third-order valence-corrected chi connectivity index (χ3v) is 7.44. The van der Waals surface area contributed by atoms with Crippen molar-refractivity contribution < 1.29 is 4.74 Å². The summed E-state index contributed by atoms with van der Waals surface area (Å²) in [4.78, 5) is 4.68. The molecule has 132 valence electrons. The molecule has 0 spiro atoms. The van der Waals surface area contributed by atoms with Crippen LogP contribution in [0.25, 0.3) is 11.3 Å². The van der Waals surface area contributed by atoms with E-state index in [4.69, 9.17) is 9.84 Å². The third kappa shape index (κ3) is 2.56. The van der Waals surface area contributed by atoms with Crippen molar-refractivity contribution in [2.45, 2.75) is 40.0 Å². The Hall–Kier alpha value is -1.88. The summed E-state index contributed by atoms with van der Waals surface area (Å²) in [5.41, 5.74) is 7.16. The highest BCUT2D eigenvalue weighted by Crippen LogP contribution is 2.63. The number of nitrogens with one attached hydrogen (secondary N) is 1. The fraction of sp³-hybridized carbons (Fsp3) is 0.500. The van der Waals surface area contributed by atoms with Gasteiger partial charge in [-0.25, -0.2) is 4.98 Å². The monoisotopic (exact) mass is 355 g/mol. The van der Waals surface area contributed by atoms with Crippen molar-refractivity contribution in [2.24, 2.45) is 21.8 Å². The summed E-state index contributed by atoms with van der Waals surface area (Å²) in [6, 6.07) is 7.98. The van der Waals surface area contributed by atoms with Gasteiger partial charge in [0.05, 0.1) is 12.8 Å². The molecule has 2 atom stereocenters. The van der Waals surface area contributed by atoms with Gasteiger partial charge in [0.15, 0.2) is 0 Å². The number of anilines is 1. The van der Waals surface area contributed by atoms with Crippen molar-refractivity contribution in [3.8, 4) is 17.0 Å². The smallest absolute Gasteiger partial charge is 0.203 e. The van der Waals surface area contributed by atoms with Crippen LogP contribution in [0.5, 0.6) is 5.75 Å². The number of ether oxygens (including phenoxy) is 1. The van der Waals surface area contributed by atoms with E-state index in [1.54, 1.807) is 18.4 Å². The zero-order valence-corrected chi connectivity index (χ0v) is 16.1. The van der Waals surface area contributed by atoms with Gasteiger partial charge >= 0.3 is 0 Å². The Labute approximate surface area is 153 Å². The molecule has 4 rings (SSSR count). The molecular weight excluding hydrogens is 330 g/mol. The van der Waals surface area contributed by atoms with E-state index in [0.717, 1.165) is 34.5 Å². The van der Waals surface area contributed by atoms with Gasteiger partial charge < -0.3 is 4.74 Å². The van der Waals surface area contributed by atoms with E-state index in [-0.39, 0.29) is 5.41 Å². The van der Waals surface area contributed by atoms with Crippen LogP contribution in [0, 0.1) is 16.7 Å². The average Bonchev–Trinajstić information content (AvgIpc) is 3.22. The summed E-state index contributed by atoms with van der Waals surface area (Å²) in [5.74, 6) is 1.63. The second kappa shape index (κ2) is 5.84. The zero-order chi connectivity index (χ0) is 17.7. The maximum Gasteiger partial charge on any atom is 0.203 e. The van der Waals surface area contributed by atoms with E-state index in [0.29, 0.717) is 5.41 Å². The molecule has 1 aromatic carbocycles. The Bertz CT molecular complexity index is 809. The maximum atomic E-state index is 5.21. The lowest BCUT2D eigenvalue weighted by molar-refractivity contribution is 0.194. The Morgan fingerprint density at radius 2 is 2.00 bits per heavy atom. The van der Waals surface area contributed by atoms with Crippen LogP contribution < -0.4 is 10.2 Å². The largest absolute Gasteiger partial charge is 0.497 e. The van der Waals surface area contributed by atoms with Crippen molar-refractivity contribution in [1.29, 1.82) is 0 Å². The standard InChI is InChI=1S/C20H25N3OS/c1-19(2)14-9-10-20(19,3)17(11-14)22-23-18-21-16(12-25-18)13-5-7-15(24-4)8-6-13/h5-8,12,14H,9-11H2,1-4H3,(H,21,23)/b22-17+/t14-,20+/m1/s1. The molecule has 2 aliphatic carbocycles. The number of hydrogen-bond donors (Lipinski definition) is 1. The summed E-state index contributed by atoms with van der Waals surface area (Å²) in [6.07, 6.45) is 3.70. The number of benzene rings is 1. The van der Waals surface area contributed by atoms with Gasteiger partial charge in [0, 0.05) is 22.1 Å². The first-order valence-electron chi connectivity index (χ1n) is 8.87. The van der Waals surface area contributed by atoms with Crippen molar-refractivity contribution >= 4 is 22.2 Å². The molecule has 2 aromatic rings. The molecule has 25 heavy (non-hydrogen) atoms. The predicted molar refractivity (Wildman–Crippen MR) is 104 cm³/mol. The number of aromatic nitrogens is 1. The van der Waals surface area contributed by atoms with E-state index in [9.17, 15) is 0 Å². The SMILES string of the molecule is COc1ccc(-c2csc(N/N=C3\C[C@H]4CC[C@]3(C)C4(C)C)n2)cc1. The van der Waals surface area contributed by atoms with E-state index in [1.807, 2.05) is 24.3 Å². The molecule has 1 heterocycles. The van der Waals surface area contributed by atoms with Crippen LogP contribution in [0.15, 0.2) is 34.7 Å². The molecule has 5 heteroatoms. The van der Waals surface area contributed by atoms with Crippen molar-refractivity contribution in [1.82, 2.24) is 4.98 Å². The van der Waals surface area contributed by atoms with Gasteiger partial charge in [-0.2, -0.15) is 5.10 Å². The molecule has 1 aromatic heterocycles. The topological polar surface area (TPSA) is 46.5 Å². The van der Waals surface area contributed by atoms with E-state index in [2.05, 4.69) is 36.6 Å². The van der Waals surface area contributed by atoms with Crippen LogP contribution in [0.3, 0.4) is 0 Å². The van der Waals surface area contributed by atoms with Gasteiger partial charge in [0.25, 0.3) is 0 Å². The molecular formula is C20H25N3OS. The molecule has 2 saturated carbocycles. The normalized spacial score (nSPS) is 28.5. The van der Waals surface area contributed by atoms with Crippen molar-refractivity contribution in [2.75, 3.05) is 12.5 Å². The Kier molecular flexibility index (Phi) is 3.87. The van der Waals surface area contributed by atoms with Crippen LogP contribution in [0.2, 0.25) is 0 Å². The maximum absolute atomic E-state index is 5.21. The van der Waals surface area contributed by atoms with Gasteiger partial charge in [-0.15, -0.1) is 11.3 Å². The highest BCUT2D eigenvalue weighted by atomic mass is 32.1. The van der Waals surface area contributed by atoms with E-state index >= 15 is 0 Å². The molecule has 2 fully saturated rings. The number of thiazole rings is 1. The highest BCUT2D eigenvalue weighted by Gasteiger charge is 2.59. The third-order valence-electron chi connectivity index (χ3n) is 6.69. The summed E-state index contributed by atoms with van der Waals surface area (Å²) in [7, 11) is 1.68. The lowest BCUT2D eigenvalue weighted by Gasteiger charge is -2.34. The number of fused-ring (bicyclic) bond motifs is 2. The molecule has 0 amide bonds. The summed E-state index contributed by atoms with van der Waals surface area (Å²) >= 11 is 1.60. The van der Waals surface area contributed by atoms with Crippen molar-refractivity contribution in [3.05, 3.63) is 29.6 Å². The first kappa shape index (κ1) is 16.6. The highest BCUT2D eigenvalue weighted by molar-refractivity contribution is 7.14. The Morgan fingerprint density at radius 3 is 2.60 bits per heavy atom. The number of hydrogen-bond acceptors (Lipinski definition) is 5. The lowest BCUT2D eigenvalue weighted by Crippen LogP contribution is -2.32. The summed E-state index contributed by atoms with van der Waals surface area (Å²) in [6.45, 7) is 7.18. The zero-order valence-electron chi connectivity index (χ0n) is 15.3. The second-order valence-corrected chi connectivity index (χ2v) is 8.79. The fourth-order valence-electron chi connectivity index (χ4n) is 4.43. The van der Waals surface area contributed by atoms with Gasteiger partial charge in [-0.3, -0.25) is 5.43 Å². The molecule has 2 aliphatic rings. The molecule has 0 unspecified atom stereocenters. The Balaban J connectivity index is 1.50. The van der Waals surface area contributed by atoms with E-state index in [1.165, 1.54) is 18.6 Å². The van der Waals surface area contributed by atoms with Crippen LogP contribution in [-0.2, 0) is 0 Å². The van der Waals surface area contributed by atoms with E-state index < -0.39 is 0 Å². The van der Waals surface area contributed by atoms with Crippen LogP contribution in [0.1, 0.15) is 40.0 Å². The minimum Gasteiger partial charge on any atom is -0.497 e. The van der Waals surface area contributed by atoms with Gasteiger partial charge in [0.2, 0.25) is 5.13 Å². The van der Waals surface area contributed by atoms with Crippen LogP contribution in [0.4, 0.5) is 5.13 Å². The molecule has 1 N–H and O–H groups in total. The number of hydrazone groups is 1. The molecule has 0 saturated heterocycles. The quantitative estimate of drug-likeness (QED) is 0.744. The van der Waals surface area contributed by atoms with Crippen molar-refractivity contribution in [3.63, 3.8) is 0 Å². The fourth-order valence-corrected chi connectivity index (χ4v) is 5.09. The van der Waals surface area contributed by atoms with Crippen LogP contribution >= 0.6 is 11.3 Å². The predicted octanol–water partition coefficient (Wildman–Crippen LogP) is 5.43. The first-order valence-corrected chi connectivity index (χ1v) is 9.75. The number of methoxy groups -OCH3 is 1. The summed E-state index contributed by atoms with van der Waals surface area (Å²) in [5, 5.41) is 7.69. The van der Waals surface area contributed by atoms with Crippen LogP contribution in [-0.4, -0.2) is 17.8 Å². The van der Waals surface area contributed by atoms with Gasteiger partial charge in [-0.1, -0.05) is 20.8 Å². The second-order valence-electron chi connectivity index (χ2n) is 7.93. The first-order chi connectivity index (χ1) is 11.9. The van der Waals surface area contributed by atoms with Gasteiger partial charge in [-0.05, 0) is 54.9 Å². The number of rotatable bonds is 4. The lowest BCUT2D eigenvalue weighted by atomic mass is 9.70. The average molecular weight is 356 g/mol. The summed E-state index contributed by atoms with van der Waals surface area (Å²) < 4.78 is 5.21. The van der Waals surface area contributed by atoms with Gasteiger partial charge in [0.1, 0.15) is 5.75 Å². The Morgan fingerprint density at radius 1 is 1.24 bits per heavy atom. The number of nitrogens with zero attached hydrogens (tertiary/aromatic N) is 2. The molecule has 2 bridgehead atoms. The molecule has 0 aliphatic heterocycles. The molecule has 4 nitrogen and oxygen atoms in total. The molecule has 0 radical (unpaired) electrons.